The van der Waals surface area contributed by atoms with Crippen LogP contribution in [0.4, 0.5) is 5.82 Å². The Bertz CT molecular complexity index is 911. The van der Waals surface area contributed by atoms with Crippen molar-refractivity contribution in [2.45, 2.75) is 0 Å². The van der Waals surface area contributed by atoms with Crippen LogP contribution < -0.4 is 5.73 Å². The van der Waals surface area contributed by atoms with Crippen LogP contribution in [-0.4, -0.2) is 19.9 Å². The third kappa shape index (κ3) is 2.09. The molecule has 0 saturated carbocycles. The van der Waals surface area contributed by atoms with E-state index in [1.165, 1.54) is 0 Å². The number of rotatable bonds is 2. The first-order valence-electron chi connectivity index (χ1n) is 6.94. The van der Waals surface area contributed by atoms with E-state index in [-0.39, 0.29) is 0 Å². The summed E-state index contributed by atoms with van der Waals surface area (Å²) in [5, 5.41) is 0. The Kier molecular flexibility index (Phi) is 2.83. The highest BCUT2D eigenvalue weighted by Gasteiger charge is 2.12. The number of hydrogen-bond donors (Lipinski definition) is 2. The molecule has 0 amide bonds. The van der Waals surface area contributed by atoms with Gasteiger partial charge in [-0.3, -0.25) is 0 Å². The highest BCUT2D eigenvalue weighted by molar-refractivity contribution is 5.80. The summed E-state index contributed by atoms with van der Waals surface area (Å²) < 4.78 is 0. The molecular weight excluding hydrogens is 274 g/mol. The highest BCUT2D eigenvalue weighted by atomic mass is 15.0. The van der Waals surface area contributed by atoms with Gasteiger partial charge in [-0.15, -0.1) is 0 Å². The molecule has 0 aliphatic carbocycles. The lowest BCUT2D eigenvalue weighted by Crippen LogP contribution is -1.99. The molecular formula is C17H13N5. The van der Waals surface area contributed by atoms with Crippen LogP contribution in [0.1, 0.15) is 0 Å². The first-order valence-corrected chi connectivity index (χ1v) is 6.94. The van der Waals surface area contributed by atoms with Crippen LogP contribution in [0.25, 0.3) is 33.8 Å². The second-order valence-corrected chi connectivity index (χ2v) is 4.96. The number of imidazole rings is 1. The van der Waals surface area contributed by atoms with Gasteiger partial charge in [-0.1, -0.05) is 42.5 Å². The Morgan fingerprint density at radius 3 is 2.45 bits per heavy atom. The molecule has 0 fully saturated rings. The van der Waals surface area contributed by atoms with E-state index in [0.717, 1.165) is 22.3 Å². The van der Waals surface area contributed by atoms with Gasteiger partial charge in [-0.25, -0.2) is 15.0 Å². The predicted octanol–water partition coefficient (Wildman–Crippen LogP) is 3.27. The Hall–Kier alpha value is -3.21. The summed E-state index contributed by atoms with van der Waals surface area (Å²) >= 11 is 0. The molecule has 106 valence electrons. The Balaban J connectivity index is 1.87. The van der Waals surface area contributed by atoms with Crippen molar-refractivity contribution in [2.75, 3.05) is 5.73 Å². The van der Waals surface area contributed by atoms with E-state index in [1.807, 2.05) is 54.6 Å². The van der Waals surface area contributed by atoms with Gasteiger partial charge >= 0.3 is 0 Å². The Morgan fingerprint density at radius 1 is 0.864 bits per heavy atom. The van der Waals surface area contributed by atoms with E-state index < -0.39 is 0 Å². The molecule has 0 aliphatic rings. The van der Waals surface area contributed by atoms with Crippen molar-refractivity contribution in [3.63, 3.8) is 0 Å². The zero-order chi connectivity index (χ0) is 14.9. The van der Waals surface area contributed by atoms with Crippen molar-refractivity contribution in [1.82, 2.24) is 19.9 Å². The summed E-state index contributed by atoms with van der Waals surface area (Å²) in [7, 11) is 0. The number of aromatic amines is 1. The number of nitrogens with zero attached hydrogens (tertiary/aromatic N) is 3. The maximum atomic E-state index is 5.99. The second-order valence-electron chi connectivity index (χ2n) is 4.96. The van der Waals surface area contributed by atoms with Gasteiger partial charge in [-0.2, -0.15) is 0 Å². The average molecular weight is 287 g/mol. The average Bonchev–Trinajstić information content (AvgIpc) is 3.00. The summed E-state index contributed by atoms with van der Waals surface area (Å²) in [4.78, 5) is 16.7. The van der Waals surface area contributed by atoms with Crippen molar-refractivity contribution >= 4 is 16.9 Å². The summed E-state index contributed by atoms with van der Waals surface area (Å²) in [5.41, 5.74) is 10.1. The lowest BCUT2D eigenvalue weighted by molar-refractivity contribution is 1.18. The first-order chi connectivity index (χ1) is 10.8. The van der Waals surface area contributed by atoms with Gasteiger partial charge in [0.15, 0.2) is 11.6 Å². The van der Waals surface area contributed by atoms with Gasteiger partial charge in [0.05, 0.1) is 22.9 Å². The van der Waals surface area contributed by atoms with Gasteiger partial charge in [-0.05, 0) is 12.1 Å². The number of nitrogens with two attached hydrogens (primary N) is 1. The van der Waals surface area contributed by atoms with Crippen molar-refractivity contribution in [3.8, 4) is 22.8 Å². The number of hydrogen-bond acceptors (Lipinski definition) is 4. The molecule has 3 N–H and O–H groups in total. The fourth-order valence-corrected chi connectivity index (χ4v) is 2.39. The molecule has 0 aliphatic heterocycles. The molecule has 0 bridgehead atoms. The van der Waals surface area contributed by atoms with E-state index in [9.17, 15) is 0 Å². The normalized spacial score (nSPS) is 10.9. The van der Waals surface area contributed by atoms with Gasteiger partial charge in [0.1, 0.15) is 5.69 Å². The van der Waals surface area contributed by atoms with Gasteiger partial charge in [0.25, 0.3) is 0 Å². The van der Waals surface area contributed by atoms with Crippen LogP contribution in [0.2, 0.25) is 0 Å². The van der Waals surface area contributed by atoms with E-state index in [1.54, 1.807) is 6.20 Å². The first kappa shape index (κ1) is 12.5. The molecule has 5 nitrogen and oxygen atoms in total. The summed E-state index contributed by atoms with van der Waals surface area (Å²) in [5.74, 6) is 0.989. The molecule has 4 aromatic rings. The van der Waals surface area contributed by atoms with Crippen LogP contribution in [0, 0.1) is 0 Å². The van der Waals surface area contributed by atoms with Gasteiger partial charge < -0.3 is 10.7 Å². The van der Waals surface area contributed by atoms with E-state index in [0.29, 0.717) is 17.3 Å². The second kappa shape index (κ2) is 4.96. The number of para-hydroxylation sites is 2. The fourth-order valence-electron chi connectivity index (χ4n) is 2.39. The van der Waals surface area contributed by atoms with Gasteiger partial charge in [0.2, 0.25) is 0 Å². The van der Waals surface area contributed by atoms with E-state index in [2.05, 4.69) is 19.9 Å². The molecule has 4 rings (SSSR count). The molecule has 5 heteroatoms. The molecule has 0 radical (unpaired) electrons. The minimum absolute atomic E-state index is 0.360. The van der Waals surface area contributed by atoms with Crippen LogP contribution in [-0.2, 0) is 0 Å². The Morgan fingerprint density at radius 2 is 1.64 bits per heavy atom. The zero-order valence-corrected chi connectivity index (χ0v) is 11.7. The minimum atomic E-state index is 0.360. The topological polar surface area (TPSA) is 80.5 Å². The number of benzene rings is 2. The minimum Gasteiger partial charge on any atom is -0.382 e. The number of nitrogens with one attached hydrogen (secondary N) is 1. The van der Waals surface area contributed by atoms with Crippen LogP contribution >= 0.6 is 0 Å². The number of anilines is 1. The maximum Gasteiger partial charge on any atom is 0.161 e. The van der Waals surface area contributed by atoms with Gasteiger partial charge in [0, 0.05) is 5.56 Å². The van der Waals surface area contributed by atoms with E-state index >= 15 is 0 Å². The largest absolute Gasteiger partial charge is 0.382 e. The molecule has 22 heavy (non-hydrogen) atoms. The standard InChI is InChI=1S/C17H13N5/c18-16-15(17-21-12-8-4-5-9-13(12)22-17)20-14(10-19-16)11-6-2-1-3-7-11/h1-10H,(H2,18,19)(H,21,22). The molecule has 0 saturated heterocycles. The van der Waals surface area contributed by atoms with Crippen LogP contribution in [0.5, 0.6) is 0 Å². The lowest BCUT2D eigenvalue weighted by Gasteiger charge is -2.05. The van der Waals surface area contributed by atoms with Crippen molar-refractivity contribution in [2.24, 2.45) is 0 Å². The van der Waals surface area contributed by atoms with Crippen molar-refractivity contribution in [1.29, 1.82) is 0 Å². The highest BCUT2D eigenvalue weighted by Crippen LogP contribution is 2.25. The molecule has 0 unspecified atom stereocenters. The van der Waals surface area contributed by atoms with Crippen LogP contribution in [0.3, 0.4) is 0 Å². The quantitative estimate of drug-likeness (QED) is 0.593. The van der Waals surface area contributed by atoms with Crippen LogP contribution in [0.15, 0.2) is 60.8 Å². The summed E-state index contributed by atoms with van der Waals surface area (Å²) in [6.45, 7) is 0. The summed E-state index contributed by atoms with van der Waals surface area (Å²) in [6.07, 6.45) is 1.68. The number of nitrogen functional groups attached to an aromatic ring is 1. The Labute approximate surface area is 126 Å². The number of H-pyrrole nitrogens is 1. The molecule has 2 aromatic heterocycles. The summed E-state index contributed by atoms with van der Waals surface area (Å²) in [6, 6.07) is 17.7. The third-order valence-electron chi connectivity index (χ3n) is 3.48. The molecule has 0 atom stereocenters. The smallest absolute Gasteiger partial charge is 0.161 e. The fraction of sp³-hybridized carbons (Fsp3) is 0. The van der Waals surface area contributed by atoms with Crippen molar-refractivity contribution < 1.29 is 0 Å². The number of fused-ring (bicyclic) bond motifs is 1. The monoisotopic (exact) mass is 287 g/mol. The SMILES string of the molecule is Nc1ncc(-c2ccccc2)nc1-c1nc2ccccc2[nH]1. The maximum absolute atomic E-state index is 5.99. The van der Waals surface area contributed by atoms with Crippen molar-refractivity contribution in [3.05, 3.63) is 60.8 Å². The van der Waals surface area contributed by atoms with E-state index in [4.69, 9.17) is 5.73 Å². The number of aromatic nitrogens is 4. The zero-order valence-electron chi connectivity index (χ0n) is 11.7. The lowest BCUT2D eigenvalue weighted by atomic mass is 10.1. The predicted molar refractivity (Wildman–Crippen MR) is 87.0 cm³/mol. The molecule has 2 heterocycles. The molecule has 0 spiro atoms. The molecule has 2 aromatic carbocycles. The third-order valence-corrected chi connectivity index (χ3v) is 3.48.